The van der Waals surface area contributed by atoms with Crippen LogP contribution >= 0.6 is 11.6 Å². The number of rotatable bonds is 4. The Labute approximate surface area is 105 Å². The lowest BCUT2D eigenvalue weighted by atomic mass is 10.0. The third-order valence-corrected chi connectivity index (χ3v) is 2.80. The molecule has 0 saturated heterocycles. The standard InChI is InChI=1S/C13H16ClF3/c1-9(2)7-12(14)8-10-3-5-11(6-4-10)13(15,16)17/h3-6,9,12H,7-8H2,1-2H3. The van der Waals surface area contributed by atoms with Gasteiger partial charge in [-0.25, -0.2) is 0 Å². The Balaban J connectivity index is 2.63. The Morgan fingerprint density at radius 2 is 1.65 bits per heavy atom. The van der Waals surface area contributed by atoms with Crippen molar-refractivity contribution in [1.82, 2.24) is 0 Å². The van der Waals surface area contributed by atoms with Gasteiger partial charge in [-0.1, -0.05) is 26.0 Å². The summed E-state index contributed by atoms with van der Waals surface area (Å²) >= 11 is 6.12. The molecule has 4 heteroatoms. The van der Waals surface area contributed by atoms with E-state index in [1.165, 1.54) is 12.1 Å². The van der Waals surface area contributed by atoms with Gasteiger partial charge in [-0.15, -0.1) is 11.6 Å². The fraction of sp³-hybridized carbons (Fsp3) is 0.538. The summed E-state index contributed by atoms with van der Waals surface area (Å²) in [6, 6.07) is 5.21. The van der Waals surface area contributed by atoms with Gasteiger partial charge in [0.15, 0.2) is 0 Å². The summed E-state index contributed by atoms with van der Waals surface area (Å²) < 4.78 is 37.0. The van der Waals surface area contributed by atoms with Crippen LogP contribution in [0.15, 0.2) is 24.3 Å². The number of hydrogen-bond acceptors (Lipinski definition) is 0. The van der Waals surface area contributed by atoms with Crippen LogP contribution in [0.2, 0.25) is 0 Å². The van der Waals surface area contributed by atoms with E-state index in [4.69, 9.17) is 11.6 Å². The molecule has 0 amide bonds. The van der Waals surface area contributed by atoms with Crippen molar-refractivity contribution in [2.75, 3.05) is 0 Å². The van der Waals surface area contributed by atoms with Gasteiger partial charge in [0.2, 0.25) is 0 Å². The molecule has 1 aromatic carbocycles. The molecular formula is C13H16ClF3. The predicted molar refractivity (Wildman–Crippen MR) is 64.2 cm³/mol. The molecule has 1 unspecified atom stereocenters. The van der Waals surface area contributed by atoms with Crippen LogP contribution in [0.4, 0.5) is 13.2 Å². The lowest BCUT2D eigenvalue weighted by Gasteiger charge is -2.12. The second-order valence-corrected chi connectivity index (χ2v) is 5.24. The highest BCUT2D eigenvalue weighted by Crippen LogP contribution is 2.29. The van der Waals surface area contributed by atoms with Gasteiger partial charge >= 0.3 is 6.18 Å². The summed E-state index contributed by atoms with van der Waals surface area (Å²) in [7, 11) is 0. The average Bonchev–Trinajstić information content (AvgIpc) is 2.15. The largest absolute Gasteiger partial charge is 0.416 e. The van der Waals surface area contributed by atoms with E-state index in [1.54, 1.807) is 0 Å². The first kappa shape index (κ1) is 14.4. The second-order valence-electron chi connectivity index (χ2n) is 4.63. The Hall–Kier alpha value is -0.700. The van der Waals surface area contributed by atoms with Gasteiger partial charge < -0.3 is 0 Å². The summed E-state index contributed by atoms with van der Waals surface area (Å²) in [5, 5.41) is -0.0215. The highest BCUT2D eigenvalue weighted by atomic mass is 35.5. The van der Waals surface area contributed by atoms with Crippen molar-refractivity contribution in [2.24, 2.45) is 5.92 Å². The highest BCUT2D eigenvalue weighted by Gasteiger charge is 2.29. The number of hydrogen-bond donors (Lipinski definition) is 0. The average molecular weight is 265 g/mol. The quantitative estimate of drug-likeness (QED) is 0.679. The normalized spacial score (nSPS) is 14.1. The molecule has 0 aromatic heterocycles. The molecule has 17 heavy (non-hydrogen) atoms. The van der Waals surface area contributed by atoms with Crippen molar-refractivity contribution in [1.29, 1.82) is 0 Å². The van der Waals surface area contributed by atoms with Gasteiger partial charge in [-0.05, 0) is 36.5 Å². The minimum absolute atomic E-state index is 0.0215. The molecule has 96 valence electrons. The molecule has 0 nitrogen and oxygen atoms in total. The summed E-state index contributed by atoms with van der Waals surface area (Å²) in [5.41, 5.74) is 0.231. The van der Waals surface area contributed by atoms with E-state index in [0.29, 0.717) is 12.3 Å². The van der Waals surface area contributed by atoms with E-state index < -0.39 is 11.7 Å². The molecule has 0 heterocycles. The van der Waals surface area contributed by atoms with Crippen LogP contribution in [0.25, 0.3) is 0 Å². The van der Waals surface area contributed by atoms with E-state index >= 15 is 0 Å². The van der Waals surface area contributed by atoms with Crippen LogP contribution in [0.5, 0.6) is 0 Å². The van der Waals surface area contributed by atoms with Gasteiger partial charge in [0.05, 0.1) is 5.56 Å². The first-order valence-electron chi connectivity index (χ1n) is 5.59. The maximum absolute atomic E-state index is 12.3. The SMILES string of the molecule is CC(C)CC(Cl)Cc1ccc(C(F)(F)F)cc1. The summed E-state index contributed by atoms with van der Waals surface area (Å²) in [5.74, 6) is 0.493. The summed E-state index contributed by atoms with van der Waals surface area (Å²) in [6.45, 7) is 4.14. The maximum atomic E-state index is 12.3. The fourth-order valence-corrected chi connectivity index (χ4v) is 2.21. The third-order valence-electron chi connectivity index (χ3n) is 2.47. The van der Waals surface area contributed by atoms with E-state index in [1.807, 2.05) is 0 Å². The molecule has 0 radical (unpaired) electrons. The molecule has 0 spiro atoms. The summed E-state index contributed by atoms with van der Waals surface area (Å²) in [4.78, 5) is 0. The van der Waals surface area contributed by atoms with E-state index in [2.05, 4.69) is 13.8 Å². The zero-order chi connectivity index (χ0) is 13.1. The minimum atomic E-state index is -4.27. The smallest absolute Gasteiger partial charge is 0.166 e. The van der Waals surface area contributed by atoms with Crippen molar-refractivity contribution in [3.63, 3.8) is 0 Å². The molecular weight excluding hydrogens is 249 g/mol. The van der Waals surface area contributed by atoms with Crippen molar-refractivity contribution < 1.29 is 13.2 Å². The van der Waals surface area contributed by atoms with E-state index in [9.17, 15) is 13.2 Å². The van der Waals surface area contributed by atoms with Gasteiger partial charge in [0, 0.05) is 5.38 Å². The molecule has 0 bridgehead atoms. The first-order valence-corrected chi connectivity index (χ1v) is 6.03. The third kappa shape index (κ3) is 4.99. The van der Waals surface area contributed by atoms with E-state index in [-0.39, 0.29) is 5.38 Å². The number of benzene rings is 1. The minimum Gasteiger partial charge on any atom is -0.166 e. The van der Waals surface area contributed by atoms with Crippen molar-refractivity contribution in [3.8, 4) is 0 Å². The van der Waals surface area contributed by atoms with Crippen LogP contribution in [-0.4, -0.2) is 5.38 Å². The molecule has 0 aliphatic carbocycles. The topological polar surface area (TPSA) is 0 Å². The Morgan fingerprint density at radius 1 is 1.12 bits per heavy atom. The van der Waals surface area contributed by atoms with Crippen LogP contribution in [0.1, 0.15) is 31.4 Å². The highest BCUT2D eigenvalue weighted by molar-refractivity contribution is 6.20. The molecule has 0 aliphatic heterocycles. The molecule has 0 saturated carbocycles. The molecule has 1 rings (SSSR count). The first-order chi connectivity index (χ1) is 7.79. The lowest BCUT2D eigenvalue weighted by molar-refractivity contribution is -0.137. The van der Waals surface area contributed by atoms with Gasteiger partial charge in [0.25, 0.3) is 0 Å². The van der Waals surface area contributed by atoms with Crippen molar-refractivity contribution in [3.05, 3.63) is 35.4 Å². The maximum Gasteiger partial charge on any atom is 0.416 e. The van der Waals surface area contributed by atoms with Gasteiger partial charge in [-0.3, -0.25) is 0 Å². The Morgan fingerprint density at radius 3 is 2.06 bits per heavy atom. The molecule has 1 atom stereocenters. The molecule has 1 aromatic rings. The second kappa shape index (κ2) is 5.76. The molecule has 0 N–H and O–H groups in total. The zero-order valence-corrected chi connectivity index (χ0v) is 10.6. The predicted octanol–water partition coefficient (Wildman–Crippen LogP) is 4.90. The van der Waals surface area contributed by atoms with E-state index in [0.717, 1.165) is 24.1 Å². The van der Waals surface area contributed by atoms with Crippen LogP contribution in [-0.2, 0) is 12.6 Å². The van der Waals surface area contributed by atoms with Gasteiger partial charge in [-0.2, -0.15) is 13.2 Å². The van der Waals surface area contributed by atoms with Crippen LogP contribution < -0.4 is 0 Å². The lowest BCUT2D eigenvalue weighted by Crippen LogP contribution is -2.08. The fourth-order valence-electron chi connectivity index (χ4n) is 1.68. The zero-order valence-electron chi connectivity index (χ0n) is 9.89. The monoisotopic (exact) mass is 264 g/mol. The Kier molecular flexibility index (Phi) is 4.87. The number of halogens is 4. The Bertz CT molecular complexity index is 341. The van der Waals surface area contributed by atoms with Gasteiger partial charge in [0.1, 0.15) is 0 Å². The van der Waals surface area contributed by atoms with Crippen LogP contribution in [0, 0.1) is 5.92 Å². The molecule has 0 aliphatic rings. The van der Waals surface area contributed by atoms with Crippen molar-refractivity contribution >= 4 is 11.6 Å². The molecule has 0 fully saturated rings. The number of alkyl halides is 4. The van der Waals surface area contributed by atoms with Crippen LogP contribution in [0.3, 0.4) is 0 Å². The van der Waals surface area contributed by atoms with Crippen molar-refractivity contribution in [2.45, 2.75) is 38.2 Å². The summed E-state index contributed by atoms with van der Waals surface area (Å²) in [6.07, 6.45) is -2.79.